The summed E-state index contributed by atoms with van der Waals surface area (Å²) < 4.78 is 0. The van der Waals surface area contributed by atoms with Gasteiger partial charge in [0, 0.05) is 52.2 Å². The van der Waals surface area contributed by atoms with Crippen molar-refractivity contribution in [1.82, 2.24) is 14.7 Å². The van der Waals surface area contributed by atoms with Crippen LogP contribution in [0.25, 0.3) is 6.08 Å². The zero-order chi connectivity index (χ0) is 20.3. The average molecular weight is 392 g/mol. The van der Waals surface area contributed by atoms with Crippen LogP contribution in [0.15, 0.2) is 66.7 Å². The number of rotatable bonds is 9. The van der Waals surface area contributed by atoms with Crippen molar-refractivity contribution < 1.29 is 4.79 Å². The minimum absolute atomic E-state index is 0.288. The second-order valence-electron chi connectivity index (χ2n) is 7.60. The third kappa shape index (κ3) is 7.15. The number of hydrogen-bond acceptors (Lipinski definition) is 3. The van der Waals surface area contributed by atoms with Gasteiger partial charge >= 0.3 is 0 Å². The predicted octanol–water partition coefficient (Wildman–Crippen LogP) is 3.76. The van der Waals surface area contributed by atoms with Gasteiger partial charge in [-0.3, -0.25) is 14.6 Å². The molecule has 4 heteroatoms. The number of amides is 1. The Morgan fingerprint density at radius 3 is 2.28 bits per heavy atom. The monoisotopic (exact) mass is 391 g/mol. The first-order chi connectivity index (χ1) is 14.2. The van der Waals surface area contributed by atoms with Crippen molar-refractivity contribution in [2.45, 2.75) is 19.9 Å². The summed E-state index contributed by atoms with van der Waals surface area (Å²) in [6.07, 6.45) is 4.99. The Morgan fingerprint density at radius 2 is 1.62 bits per heavy atom. The fourth-order valence-corrected chi connectivity index (χ4v) is 3.68. The molecule has 4 nitrogen and oxygen atoms in total. The van der Waals surface area contributed by atoms with Crippen LogP contribution in [0.4, 0.5) is 0 Å². The second kappa shape index (κ2) is 11.5. The minimum atomic E-state index is 0.288. The van der Waals surface area contributed by atoms with Gasteiger partial charge in [0.1, 0.15) is 0 Å². The van der Waals surface area contributed by atoms with Crippen LogP contribution in [0.3, 0.4) is 0 Å². The number of hydrogen-bond donors (Lipinski definition) is 0. The summed E-state index contributed by atoms with van der Waals surface area (Å²) in [5.74, 6) is 0.288. The van der Waals surface area contributed by atoms with E-state index in [9.17, 15) is 4.79 Å². The van der Waals surface area contributed by atoms with Crippen molar-refractivity contribution in [3.8, 4) is 0 Å². The van der Waals surface area contributed by atoms with Gasteiger partial charge in [0.2, 0.25) is 5.91 Å². The van der Waals surface area contributed by atoms with E-state index in [1.165, 1.54) is 11.1 Å². The summed E-state index contributed by atoms with van der Waals surface area (Å²) in [5, 5.41) is 0. The van der Waals surface area contributed by atoms with Gasteiger partial charge in [0.15, 0.2) is 0 Å². The highest BCUT2D eigenvalue weighted by atomic mass is 16.2. The van der Waals surface area contributed by atoms with Crippen LogP contribution in [0.5, 0.6) is 0 Å². The maximum atomic E-state index is 12.6. The van der Waals surface area contributed by atoms with E-state index in [1.807, 2.05) is 17.0 Å². The van der Waals surface area contributed by atoms with Crippen molar-refractivity contribution >= 4 is 12.0 Å². The topological polar surface area (TPSA) is 26.8 Å². The zero-order valence-electron chi connectivity index (χ0n) is 17.5. The van der Waals surface area contributed by atoms with Crippen molar-refractivity contribution in [3.05, 3.63) is 77.9 Å². The van der Waals surface area contributed by atoms with Gasteiger partial charge in [-0.25, -0.2) is 0 Å². The molecule has 0 radical (unpaired) electrons. The zero-order valence-corrected chi connectivity index (χ0v) is 17.5. The predicted molar refractivity (Wildman–Crippen MR) is 121 cm³/mol. The summed E-state index contributed by atoms with van der Waals surface area (Å²) in [7, 11) is 0. The SMILES string of the molecule is CCN(CCC(=O)N1CCN(C/C=C/c2ccccc2)CC1)Cc1ccccc1. The van der Waals surface area contributed by atoms with E-state index in [-0.39, 0.29) is 5.91 Å². The van der Waals surface area contributed by atoms with Gasteiger partial charge in [0.05, 0.1) is 0 Å². The molecule has 1 fully saturated rings. The molecular weight excluding hydrogens is 358 g/mol. The number of nitrogens with zero attached hydrogens (tertiary/aromatic N) is 3. The normalized spacial score (nSPS) is 15.3. The van der Waals surface area contributed by atoms with Gasteiger partial charge in [-0.15, -0.1) is 0 Å². The molecule has 0 unspecified atom stereocenters. The molecule has 29 heavy (non-hydrogen) atoms. The smallest absolute Gasteiger partial charge is 0.223 e. The van der Waals surface area contributed by atoms with Crippen LogP contribution < -0.4 is 0 Å². The van der Waals surface area contributed by atoms with Crippen LogP contribution in [0.2, 0.25) is 0 Å². The van der Waals surface area contributed by atoms with E-state index in [0.29, 0.717) is 6.42 Å². The molecule has 0 N–H and O–H groups in total. The first-order valence-electron chi connectivity index (χ1n) is 10.7. The number of benzene rings is 2. The molecule has 3 rings (SSSR count). The molecule has 1 aliphatic heterocycles. The largest absolute Gasteiger partial charge is 0.340 e. The van der Waals surface area contributed by atoms with Crippen LogP contribution in [0, 0.1) is 0 Å². The van der Waals surface area contributed by atoms with Gasteiger partial charge in [-0.05, 0) is 17.7 Å². The highest BCUT2D eigenvalue weighted by Crippen LogP contribution is 2.08. The molecule has 0 atom stereocenters. The van der Waals surface area contributed by atoms with Gasteiger partial charge < -0.3 is 4.90 Å². The van der Waals surface area contributed by atoms with E-state index in [4.69, 9.17) is 0 Å². The molecular formula is C25H33N3O. The summed E-state index contributed by atoms with van der Waals surface area (Å²) in [6, 6.07) is 20.9. The standard InChI is InChI=1S/C25H33N3O/c1-2-26(22-24-12-7-4-8-13-24)17-15-25(29)28-20-18-27(19-21-28)16-9-14-23-10-5-3-6-11-23/h3-14H,2,15-22H2,1H3/b14-9+. The molecule has 1 heterocycles. The lowest BCUT2D eigenvalue weighted by Gasteiger charge is -2.34. The van der Waals surface area contributed by atoms with E-state index < -0.39 is 0 Å². The summed E-state index contributed by atoms with van der Waals surface area (Å²) in [4.78, 5) is 19.4. The van der Waals surface area contributed by atoms with Crippen LogP contribution in [-0.4, -0.2) is 66.4 Å². The van der Waals surface area contributed by atoms with Gasteiger partial charge in [0.25, 0.3) is 0 Å². The molecule has 0 spiro atoms. The average Bonchev–Trinajstić information content (AvgIpc) is 2.78. The fourth-order valence-electron chi connectivity index (χ4n) is 3.68. The quantitative estimate of drug-likeness (QED) is 0.651. The van der Waals surface area contributed by atoms with Gasteiger partial charge in [-0.1, -0.05) is 79.7 Å². The molecule has 0 bridgehead atoms. The molecule has 1 saturated heterocycles. The Kier molecular flexibility index (Phi) is 8.47. The van der Waals surface area contributed by atoms with E-state index in [1.54, 1.807) is 0 Å². The fraction of sp³-hybridized carbons (Fsp3) is 0.400. The van der Waals surface area contributed by atoms with Gasteiger partial charge in [-0.2, -0.15) is 0 Å². The molecule has 0 aromatic heterocycles. The molecule has 2 aromatic rings. The number of piperazine rings is 1. The second-order valence-corrected chi connectivity index (χ2v) is 7.60. The molecule has 0 saturated carbocycles. The molecule has 1 amide bonds. The van der Waals surface area contributed by atoms with Crippen molar-refractivity contribution in [2.24, 2.45) is 0 Å². The van der Waals surface area contributed by atoms with Crippen molar-refractivity contribution in [3.63, 3.8) is 0 Å². The number of carbonyl (C=O) groups is 1. The maximum Gasteiger partial charge on any atom is 0.223 e. The lowest BCUT2D eigenvalue weighted by molar-refractivity contribution is -0.133. The highest BCUT2D eigenvalue weighted by Gasteiger charge is 2.20. The van der Waals surface area contributed by atoms with Crippen molar-refractivity contribution in [1.29, 1.82) is 0 Å². The van der Waals surface area contributed by atoms with Crippen molar-refractivity contribution in [2.75, 3.05) is 45.8 Å². The summed E-state index contributed by atoms with van der Waals surface area (Å²) in [5.41, 5.74) is 2.54. The number of carbonyl (C=O) groups excluding carboxylic acids is 1. The lowest BCUT2D eigenvalue weighted by Crippen LogP contribution is -2.49. The Labute approximate surface area is 175 Å². The molecule has 1 aliphatic rings. The third-order valence-corrected chi connectivity index (χ3v) is 5.54. The van der Waals surface area contributed by atoms with Crippen LogP contribution in [-0.2, 0) is 11.3 Å². The summed E-state index contributed by atoms with van der Waals surface area (Å²) in [6.45, 7) is 9.37. The lowest BCUT2D eigenvalue weighted by atomic mass is 10.2. The third-order valence-electron chi connectivity index (χ3n) is 5.54. The Hall–Kier alpha value is -2.43. The highest BCUT2D eigenvalue weighted by molar-refractivity contribution is 5.76. The Balaban J connectivity index is 1.36. The molecule has 154 valence electrons. The molecule has 0 aliphatic carbocycles. The van der Waals surface area contributed by atoms with Crippen LogP contribution in [0.1, 0.15) is 24.5 Å². The van der Waals surface area contributed by atoms with Crippen LogP contribution >= 0.6 is 0 Å². The minimum Gasteiger partial charge on any atom is -0.340 e. The van der Waals surface area contributed by atoms with E-state index in [2.05, 4.69) is 77.4 Å². The Morgan fingerprint density at radius 1 is 0.966 bits per heavy atom. The van der Waals surface area contributed by atoms with E-state index in [0.717, 1.165) is 52.4 Å². The summed E-state index contributed by atoms with van der Waals surface area (Å²) >= 11 is 0. The first kappa shape index (κ1) is 21.3. The Bertz CT molecular complexity index is 752. The van der Waals surface area contributed by atoms with E-state index >= 15 is 0 Å². The first-order valence-corrected chi connectivity index (χ1v) is 10.7. The maximum absolute atomic E-state index is 12.6. The molecule has 2 aromatic carbocycles.